The summed E-state index contributed by atoms with van der Waals surface area (Å²) in [5.41, 5.74) is 1.97. The molecule has 2 aromatic carbocycles. The number of anilines is 1. The number of likely N-dealkylation sites (N-methyl/N-ethyl adjacent to an activating group) is 1. The molecule has 7 nitrogen and oxygen atoms in total. The van der Waals surface area contributed by atoms with Crippen molar-refractivity contribution in [2.45, 2.75) is 51.5 Å². The van der Waals surface area contributed by atoms with Crippen LogP contribution in [-0.2, 0) is 9.59 Å². The van der Waals surface area contributed by atoms with Crippen LogP contribution in [0, 0.1) is 10.1 Å². The van der Waals surface area contributed by atoms with Crippen LogP contribution in [0.4, 0.5) is 11.4 Å². The second-order valence-electron chi connectivity index (χ2n) is 8.23. The van der Waals surface area contributed by atoms with Gasteiger partial charge in [-0.3, -0.25) is 24.6 Å². The Balaban J connectivity index is 1.82. The van der Waals surface area contributed by atoms with Crippen LogP contribution in [0.15, 0.2) is 60.3 Å². The largest absolute Gasteiger partial charge is 0.337 e. The number of non-ortho nitro benzene ring substituents is 1. The molecule has 4 rings (SSSR count). The number of carbonyl (C=O) groups excluding carboxylic acids is 2. The Morgan fingerprint density at radius 2 is 1.56 bits per heavy atom. The lowest BCUT2D eigenvalue weighted by Crippen LogP contribution is -2.42. The van der Waals surface area contributed by atoms with Crippen molar-refractivity contribution in [1.82, 2.24) is 4.90 Å². The maximum atomic E-state index is 13.8. The van der Waals surface area contributed by atoms with Crippen LogP contribution in [0.25, 0.3) is 5.57 Å². The zero-order valence-electron chi connectivity index (χ0n) is 18.2. The van der Waals surface area contributed by atoms with Crippen molar-refractivity contribution in [1.29, 1.82) is 0 Å². The number of hydrogen-bond acceptors (Lipinski definition) is 5. The van der Waals surface area contributed by atoms with Gasteiger partial charge in [0.05, 0.1) is 10.5 Å². The Kier molecular flexibility index (Phi) is 6.35. The van der Waals surface area contributed by atoms with Crippen LogP contribution in [0.3, 0.4) is 0 Å². The molecule has 0 spiro atoms. The summed E-state index contributed by atoms with van der Waals surface area (Å²) in [5, 5.41) is 11.1. The Hall–Kier alpha value is -3.48. The maximum Gasteiger partial charge on any atom is 0.278 e. The molecule has 1 heterocycles. The minimum atomic E-state index is -0.471. The van der Waals surface area contributed by atoms with Gasteiger partial charge in [-0.05, 0) is 49.6 Å². The number of hydrogen-bond donors (Lipinski definition) is 0. The van der Waals surface area contributed by atoms with Gasteiger partial charge in [-0.25, -0.2) is 0 Å². The fourth-order valence-corrected chi connectivity index (χ4v) is 4.72. The number of para-hydroxylation sites is 1. The van der Waals surface area contributed by atoms with E-state index in [2.05, 4.69) is 0 Å². The number of carbonyl (C=O) groups is 2. The molecule has 0 bridgehead atoms. The third-order valence-electron chi connectivity index (χ3n) is 6.30. The molecule has 2 aliphatic rings. The molecular formula is C25H27N3O4. The smallest absolute Gasteiger partial charge is 0.278 e. The average molecular weight is 434 g/mol. The molecule has 1 saturated carbocycles. The van der Waals surface area contributed by atoms with Crippen LogP contribution in [-0.4, -0.2) is 34.2 Å². The van der Waals surface area contributed by atoms with Crippen molar-refractivity contribution in [3.05, 3.63) is 76.0 Å². The summed E-state index contributed by atoms with van der Waals surface area (Å²) >= 11 is 0. The van der Waals surface area contributed by atoms with Gasteiger partial charge in [0.25, 0.3) is 17.5 Å². The van der Waals surface area contributed by atoms with Crippen molar-refractivity contribution < 1.29 is 14.5 Å². The molecule has 1 aliphatic heterocycles. The standard InChI is InChI=1S/C25H27N3O4/c1-2-26(19-10-8-5-9-11-19)23-22(18-14-16-21(17-15-18)28(31)32)24(29)27(25(23)30)20-12-6-3-4-7-13-20/h5,8-11,14-17,20H,2-4,6-7,12-13H2,1H3. The molecule has 166 valence electrons. The normalized spacial score (nSPS) is 17.6. The van der Waals surface area contributed by atoms with Crippen LogP contribution >= 0.6 is 0 Å². The lowest BCUT2D eigenvalue weighted by Gasteiger charge is -2.28. The van der Waals surface area contributed by atoms with Gasteiger partial charge in [-0.2, -0.15) is 0 Å². The first-order valence-electron chi connectivity index (χ1n) is 11.2. The van der Waals surface area contributed by atoms with Crippen LogP contribution in [0.5, 0.6) is 0 Å². The lowest BCUT2D eigenvalue weighted by atomic mass is 10.0. The zero-order chi connectivity index (χ0) is 22.7. The molecule has 0 unspecified atom stereocenters. The molecule has 0 aromatic heterocycles. The van der Waals surface area contributed by atoms with Gasteiger partial charge in [0, 0.05) is 30.4 Å². The summed E-state index contributed by atoms with van der Waals surface area (Å²) in [6, 6.07) is 15.3. The van der Waals surface area contributed by atoms with Gasteiger partial charge in [0.15, 0.2) is 0 Å². The molecule has 7 heteroatoms. The number of nitro groups is 1. The highest BCUT2D eigenvalue weighted by Gasteiger charge is 2.44. The van der Waals surface area contributed by atoms with Gasteiger partial charge in [-0.15, -0.1) is 0 Å². The number of nitro benzene ring substituents is 1. The number of amides is 2. The minimum absolute atomic E-state index is 0.0521. The molecule has 0 saturated heterocycles. The molecule has 0 radical (unpaired) electrons. The molecule has 1 fully saturated rings. The summed E-state index contributed by atoms with van der Waals surface area (Å²) in [6.45, 7) is 2.45. The molecule has 32 heavy (non-hydrogen) atoms. The summed E-state index contributed by atoms with van der Waals surface area (Å²) in [7, 11) is 0. The predicted molar refractivity (Wildman–Crippen MR) is 123 cm³/mol. The molecule has 1 aliphatic carbocycles. The summed E-state index contributed by atoms with van der Waals surface area (Å²) in [6.07, 6.45) is 5.87. The van der Waals surface area contributed by atoms with E-state index in [1.54, 1.807) is 12.1 Å². The molecule has 2 aromatic rings. The zero-order valence-corrected chi connectivity index (χ0v) is 18.2. The van der Waals surface area contributed by atoms with E-state index in [0.29, 0.717) is 23.4 Å². The van der Waals surface area contributed by atoms with E-state index in [9.17, 15) is 19.7 Å². The molecule has 2 amide bonds. The average Bonchev–Trinajstić information content (AvgIpc) is 2.97. The third kappa shape index (κ3) is 4.02. The van der Waals surface area contributed by atoms with E-state index in [0.717, 1.165) is 44.2 Å². The summed E-state index contributed by atoms with van der Waals surface area (Å²) in [5.74, 6) is -0.582. The number of imide groups is 1. The van der Waals surface area contributed by atoms with Crippen LogP contribution < -0.4 is 4.90 Å². The second-order valence-corrected chi connectivity index (χ2v) is 8.23. The topological polar surface area (TPSA) is 83.8 Å². The number of nitrogens with zero attached hydrogens (tertiary/aromatic N) is 3. The maximum absolute atomic E-state index is 13.8. The highest BCUT2D eigenvalue weighted by atomic mass is 16.6. The number of benzene rings is 2. The Labute approximate surface area is 187 Å². The Morgan fingerprint density at radius 1 is 0.938 bits per heavy atom. The van der Waals surface area contributed by atoms with E-state index in [1.807, 2.05) is 42.2 Å². The molecule has 0 N–H and O–H groups in total. The lowest BCUT2D eigenvalue weighted by molar-refractivity contribution is -0.384. The first-order valence-corrected chi connectivity index (χ1v) is 11.2. The van der Waals surface area contributed by atoms with E-state index in [1.165, 1.54) is 17.0 Å². The van der Waals surface area contributed by atoms with Gasteiger partial charge in [0.2, 0.25) is 0 Å². The van der Waals surface area contributed by atoms with E-state index in [-0.39, 0.29) is 23.5 Å². The van der Waals surface area contributed by atoms with Crippen LogP contribution in [0.2, 0.25) is 0 Å². The fraction of sp³-hybridized carbons (Fsp3) is 0.360. The van der Waals surface area contributed by atoms with Crippen molar-refractivity contribution in [3.63, 3.8) is 0 Å². The van der Waals surface area contributed by atoms with E-state index < -0.39 is 4.92 Å². The first kappa shape index (κ1) is 21.7. The Bertz CT molecular complexity index is 1040. The minimum Gasteiger partial charge on any atom is -0.337 e. The van der Waals surface area contributed by atoms with Gasteiger partial charge in [0.1, 0.15) is 5.70 Å². The van der Waals surface area contributed by atoms with E-state index in [4.69, 9.17) is 0 Å². The van der Waals surface area contributed by atoms with Crippen molar-refractivity contribution in [2.75, 3.05) is 11.4 Å². The third-order valence-corrected chi connectivity index (χ3v) is 6.30. The monoisotopic (exact) mass is 433 g/mol. The fourth-order valence-electron chi connectivity index (χ4n) is 4.72. The van der Waals surface area contributed by atoms with Gasteiger partial charge < -0.3 is 4.90 Å². The van der Waals surface area contributed by atoms with E-state index >= 15 is 0 Å². The second kappa shape index (κ2) is 9.34. The van der Waals surface area contributed by atoms with Crippen molar-refractivity contribution in [3.8, 4) is 0 Å². The molecular weight excluding hydrogens is 406 g/mol. The first-order chi connectivity index (χ1) is 15.5. The number of rotatable bonds is 6. The predicted octanol–water partition coefficient (Wildman–Crippen LogP) is 4.92. The van der Waals surface area contributed by atoms with Crippen LogP contribution in [0.1, 0.15) is 51.0 Å². The summed E-state index contributed by atoms with van der Waals surface area (Å²) < 4.78 is 0. The SMILES string of the molecule is CCN(C1=C(c2ccc([N+](=O)[O-])cc2)C(=O)N(C2CCCCCC2)C1=O)c1ccccc1. The summed E-state index contributed by atoms with van der Waals surface area (Å²) in [4.78, 5) is 41.4. The molecule has 0 atom stereocenters. The van der Waals surface area contributed by atoms with Gasteiger partial charge in [-0.1, -0.05) is 43.9 Å². The highest BCUT2D eigenvalue weighted by Crippen LogP contribution is 2.37. The highest BCUT2D eigenvalue weighted by molar-refractivity contribution is 6.37. The Morgan fingerprint density at radius 3 is 2.12 bits per heavy atom. The quantitative estimate of drug-likeness (QED) is 0.279. The van der Waals surface area contributed by atoms with Crippen molar-refractivity contribution in [2.24, 2.45) is 0 Å². The van der Waals surface area contributed by atoms with Crippen molar-refractivity contribution >= 4 is 28.8 Å². The van der Waals surface area contributed by atoms with Gasteiger partial charge >= 0.3 is 0 Å².